The Morgan fingerprint density at radius 2 is 2.56 bits per heavy atom. The van der Waals surface area contributed by atoms with Crippen LogP contribution in [0.5, 0.6) is 0 Å². The molecule has 3 heteroatoms. The number of hydrogen-bond donors (Lipinski definition) is 1. The van der Waals surface area contributed by atoms with E-state index in [2.05, 4.69) is 0 Å². The van der Waals surface area contributed by atoms with Gasteiger partial charge < -0.3 is 4.74 Å². The number of ether oxygens (including phenoxy) is 1. The number of hydrazine groups is 1. The summed E-state index contributed by atoms with van der Waals surface area (Å²) < 4.78 is 5.34. The van der Waals surface area contributed by atoms with Crippen LogP contribution in [0.2, 0.25) is 0 Å². The zero-order valence-electron chi connectivity index (χ0n) is 5.84. The maximum atomic E-state index is 5.43. The Hall–Kier alpha value is -0.120. The number of hydrogen-bond acceptors (Lipinski definition) is 3. The van der Waals surface area contributed by atoms with Gasteiger partial charge in [-0.05, 0) is 12.8 Å². The Morgan fingerprint density at radius 1 is 1.78 bits per heavy atom. The van der Waals surface area contributed by atoms with E-state index in [0.29, 0.717) is 6.10 Å². The van der Waals surface area contributed by atoms with Crippen LogP contribution in [0.3, 0.4) is 0 Å². The SMILES string of the molecule is CN(N)CC1CCCO1. The third-order valence-corrected chi connectivity index (χ3v) is 1.52. The molecule has 0 bridgehead atoms. The highest BCUT2D eigenvalue weighted by molar-refractivity contribution is 4.65. The van der Waals surface area contributed by atoms with Crippen LogP contribution in [0.4, 0.5) is 0 Å². The Morgan fingerprint density at radius 3 is 3.00 bits per heavy atom. The lowest BCUT2D eigenvalue weighted by molar-refractivity contribution is 0.0814. The average molecular weight is 130 g/mol. The standard InChI is InChI=1S/C6H14N2O/c1-8(7)5-6-3-2-4-9-6/h6H,2-5,7H2,1H3. The van der Waals surface area contributed by atoms with Crippen molar-refractivity contribution in [3.05, 3.63) is 0 Å². The Bertz CT molecular complexity index is 79.1. The van der Waals surface area contributed by atoms with E-state index in [-0.39, 0.29) is 0 Å². The molecule has 54 valence electrons. The lowest BCUT2D eigenvalue weighted by Crippen LogP contribution is -2.33. The van der Waals surface area contributed by atoms with Crippen molar-refractivity contribution in [2.45, 2.75) is 18.9 Å². The third-order valence-electron chi connectivity index (χ3n) is 1.52. The second kappa shape index (κ2) is 3.15. The molecule has 0 aromatic carbocycles. The van der Waals surface area contributed by atoms with Crippen molar-refractivity contribution in [1.29, 1.82) is 0 Å². The molecule has 1 rings (SSSR count). The van der Waals surface area contributed by atoms with E-state index < -0.39 is 0 Å². The van der Waals surface area contributed by atoms with Gasteiger partial charge in [-0.1, -0.05) is 0 Å². The van der Waals surface area contributed by atoms with Crippen LogP contribution in [0.1, 0.15) is 12.8 Å². The maximum Gasteiger partial charge on any atom is 0.0716 e. The highest BCUT2D eigenvalue weighted by Gasteiger charge is 2.15. The molecular formula is C6H14N2O. The van der Waals surface area contributed by atoms with Gasteiger partial charge in [-0.25, -0.2) is 5.01 Å². The molecule has 0 aliphatic carbocycles. The molecule has 0 amide bonds. The van der Waals surface area contributed by atoms with Crippen molar-refractivity contribution in [3.63, 3.8) is 0 Å². The van der Waals surface area contributed by atoms with Crippen LogP contribution >= 0.6 is 0 Å². The average Bonchev–Trinajstić information content (AvgIpc) is 2.15. The van der Waals surface area contributed by atoms with Crippen LogP contribution in [-0.4, -0.2) is 31.3 Å². The second-order valence-electron chi connectivity index (χ2n) is 2.57. The smallest absolute Gasteiger partial charge is 0.0716 e. The van der Waals surface area contributed by atoms with Gasteiger partial charge in [-0.3, -0.25) is 5.84 Å². The first kappa shape index (κ1) is 6.99. The molecule has 0 saturated carbocycles. The fraction of sp³-hybridized carbons (Fsp3) is 1.00. The van der Waals surface area contributed by atoms with Crippen molar-refractivity contribution < 1.29 is 4.74 Å². The van der Waals surface area contributed by atoms with Gasteiger partial charge >= 0.3 is 0 Å². The van der Waals surface area contributed by atoms with Gasteiger partial charge in [0, 0.05) is 20.2 Å². The Labute approximate surface area is 55.7 Å². The van der Waals surface area contributed by atoms with Crippen LogP contribution in [0, 0.1) is 0 Å². The van der Waals surface area contributed by atoms with Crippen LogP contribution in [-0.2, 0) is 4.74 Å². The van der Waals surface area contributed by atoms with Crippen LogP contribution in [0.25, 0.3) is 0 Å². The van der Waals surface area contributed by atoms with Crippen molar-refractivity contribution in [3.8, 4) is 0 Å². The second-order valence-corrected chi connectivity index (χ2v) is 2.57. The summed E-state index contributed by atoms with van der Waals surface area (Å²) in [5, 5.41) is 1.68. The summed E-state index contributed by atoms with van der Waals surface area (Å²) in [5.74, 6) is 5.43. The van der Waals surface area contributed by atoms with E-state index in [0.717, 1.165) is 13.2 Å². The molecule has 1 heterocycles. The van der Waals surface area contributed by atoms with E-state index in [4.69, 9.17) is 10.6 Å². The molecule has 1 unspecified atom stereocenters. The Kier molecular flexibility index (Phi) is 2.45. The molecule has 1 atom stereocenters. The highest BCUT2D eigenvalue weighted by atomic mass is 16.5. The molecule has 0 aromatic heterocycles. The van der Waals surface area contributed by atoms with E-state index in [1.165, 1.54) is 12.8 Å². The normalized spacial score (nSPS) is 27.7. The minimum atomic E-state index is 0.389. The van der Waals surface area contributed by atoms with Gasteiger partial charge in [0.2, 0.25) is 0 Å². The molecular weight excluding hydrogens is 116 g/mol. The minimum Gasteiger partial charge on any atom is -0.377 e. The van der Waals surface area contributed by atoms with Gasteiger partial charge in [0.1, 0.15) is 0 Å². The number of likely N-dealkylation sites (N-methyl/N-ethyl adjacent to an activating group) is 1. The topological polar surface area (TPSA) is 38.5 Å². The fourth-order valence-electron chi connectivity index (χ4n) is 1.11. The molecule has 0 spiro atoms. The maximum absolute atomic E-state index is 5.43. The lowest BCUT2D eigenvalue weighted by Gasteiger charge is -2.14. The minimum absolute atomic E-state index is 0.389. The molecule has 1 fully saturated rings. The predicted molar refractivity (Wildman–Crippen MR) is 35.8 cm³/mol. The van der Waals surface area contributed by atoms with E-state index in [9.17, 15) is 0 Å². The summed E-state index contributed by atoms with van der Waals surface area (Å²) in [4.78, 5) is 0. The zero-order valence-corrected chi connectivity index (χ0v) is 5.84. The number of nitrogens with zero attached hydrogens (tertiary/aromatic N) is 1. The van der Waals surface area contributed by atoms with Gasteiger partial charge in [-0.2, -0.15) is 0 Å². The van der Waals surface area contributed by atoms with Crippen LogP contribution in [0.15, 0.2) is 0 Å². The first-order valence-electron chi connectivity index (χ1n) is 3.36. The van der Waals surface area contributed by atoms with Crippen molar-refractivity contribution in [2.75, 3.05) is 20.2 Å². The summed E-state index contributed by atoms with van der Waals surface area (Å²) in [6.07, 6.45) is 2.75. The lowest BCUT2D eigenvalue weighted by atomic mass is 10.2. The van der Waals surface area contributed by atoms with E-state index >= 15 is 0 Å². The summed E-state index contributed by atoms with van der Waals surface area (Å²) in [7, 11) is 1.86. The molecule has 1 aliphatic heterocycles. The summed E-state index contributed by atoms with van der Waals surface area (Å²) in [6, 6.07) is 0. The first-order chi connectivity index (χ1) is 4.29. The van der Waals surface area contributed by atoms with Gasteiger partial charge in [-0.15, -0.1) is 0 Å². The zero-order chi connectivity index (χ0) is 6.69. The monoisotopic (exact) mass is 130 g/mol. The van der Waals surface area contributed by atoms with Crippen molar-refractivity contribution in [1.82, 2.24) is 5.01 Å². The largest absolute Gasteiger partial charge is 0.377 e. The van der Waals surface area contributed by atoms with Gasteiger partial charge in [0.25, 0.3) is 0 Å². The predicted octanol–water partition coefficient (Wildman–Crippen LogP) is -0.0291. The van der Waals surface area contributed by atoms with Crippen LogP contribution < -0.4 is 5.84 Å². The van der Waals surface area contributed by atoms with Gasteiger partial charge in [0.15, 0.2) is 0 Å². The third kappa shape index (κ3) is 2.30. The first-order valence-corrected chi connectivity index (χ1v) is 3.36. The Balaban J connectivity index is 2.11. The molecule has 0 radical (unpaired) electrons. The molecule has 2 N–H and O–H groups in total. The molecule has 3 nitrogen and oxygen atoms in total. The molecule has 1 saturated heterocycles. The summed E-state index contributed by atoms with van der Waals surface area (Å²) in [6.45, 7) is 1.78. The quantitative estimate of drug-likeness (QED) is 0.421. The van der Waals surface area contributed by atoms with E-state index in [1.54, 1.807) is 5.01 Å². The van der Waals surface area contributed by atoms with Crippen molar-refractivity contribution in [2.24, 2.45) is 5.84 Å². The molecule has 1 aliphatic rings. The molecule has 9 heavy (non-hydrogen) atoms. The van der Waals surface area contributed by atoms with E-state index in [1.807, 2.05) is 7.05 Å². The number of rotatable bonds is 2. The number of nitrogens with two attached hydrogens (primary N) is 1. The highest BCUT2D eigenvalue weighted by Crippen LogP contribution is 2.11. The van der Waals surface area contributed by atoms with Gasteiger partial charge in [0.05, 0.1) is 6.10 Å². The fourth-order valence-corrected chi connectivity index (χ4v) is 1.11. The summed E-state index contributed by atoms with van der Waals surface area (Å²) in [5.41, 5.74) is 0. The summed E-state index contributed by atoms with van der Waals surface area (Å²) >= 11 is 0. The van der Waals surface area contributed by atoms with Crippen molar-refractivity contribution >= 4 is 0 Å². The molecule has 0 aromatic rings.